The van der Waals surface area contributed by atoms with E-state index in [0.717, 1.165) is 0 Å². The Morgan fingerprint density at radius 3 is 2.71 bits per heavy atom. The number of aliphatic hydroxyl groups is 1. The molecule has 0 amide bonds. The standard InChI is InChI=1S/C6H8O/c1-2-3-4-5-6-7/h1,4-5,7H,3,6H2/b5-4-. The van der Waals surface area contributed by atoms with E-state index in [1.807, 2.05) is 0 Å². The third-order valence-electron chi connectivity index (χ3n) is 0.508. The Morgan fingerprint density at radius 2 is 2.29 bits per heavy atom. The Balaban J connectivity index is 2.97. The molecule has 0 aliphatic rings. The molecule has 7 heavy (non-hydrogen) atoms. The van der Waals surface area contributed by atoms with Gasteiger partial charge in [-0.3, -0.25) is 0 Å². The summed E-state index contributed by atoms with van der Waals surface area (Å²) in [6.45, 7) is 0.0850. The second kappa shape index (κ2) is 5.26. The average Bonchev–Trinajstić information content (AvgIpc) is 1.69. The lowest BCUT2D eigenvalue weighted by atomic mass is 10.4. The van der Waals surface area contributed by atoms with Gasteiger partial charge in [0.2, 0.25) is 0 Å². The van der Waals surface area contributed by atoms with Crippen LogP contribution < -0.4 is 0 Å². The number of hydrogen-bond acceptors (Lipinski definition) is 1. The minimum atomic E-state index is 0.0850. The number of rotatable bonds is 2. The Morgan fingerprint density at radius 1 is 1.57 bits per heavy atom. The molecule has 1 N–H and O–H groups in total. The van der Waals surface area contributed by atoms with Gasteiger partial charge in [-0.1, -0.05) is 12.2 Å². The SMILES string of the molecule is C#CC/C=C\CO. The van der Waals surface area contributed by atoms with E-state index in [2.05, 4.69) is 5.92 Å². The van der Waals surface area contributed by atoms with Crippen molar-refractivity contribution in [2.24, 2.45) is 0 Å². The maximum absolute atomic E-state index is 8.14. The van der Waals surface area contributed by atoms with E-state index < -0.39 is 0 Å². The molecule has 0 saturated carbocycles. The largest absolute Gasteiger partial charge is 0.392 e. The second-order valence-corrected chi connectivity index (χ2v) is 1.06. The zero-order valence-electron chi connectivity index (χ0n) is 4.09. The van der Waals surface area contributed by atoms with E-state index in [-0.39, 0.29) is 6.61 Å². The molecule has 0 heterocycles. The molecule has 0 fully saturated rings. The fraction of sp³-hybridized carbons (Fsp3) is 0.333. The lowest BCUT2D eigenvalue weighted by Crippen LogP contribution is -1.68. The first-order valence-corrected chi connectivity index (χ1v) is 2.11. The van der Waals surface area contributed by atoms with Gasteiger partial charge < -0.3 is 5.11 Å². The molecule has 0 bridgehead atoms. The topological polar surface area (TPSA) is 20.2 Å². The number of allylic oxidation sites excluding steroid dienone is 1. The maximum Gasteiger partial charge on any atom is 0.0612 e. The van der Waals surface area contributed by atoms with E-state index in [9.17, 15) is 0 Å². The second-order valence-electron chi connectivity index (χ2n) is 1.06. The molecule has 38 valence electrons. The van der Waals surface area contributed by atoms with E-state index >= 15 is 0 Å². The summed E-state index contributed by atoms with van der Waals surface area (Å²) in [6.07, 6.45) is 8.87. The van der Waals surface area contributed by atoms with Gasteiger partial charge in [-0.15, -0.1) is 12.3 Å². The van der Waals surface area contributed by atoms with Crippen molar-refractivity contribution in [1.29, 1.82) is 0 Å². The minimum Gasteiger partial charge on any atom is -0.392 e. The fourth-order valence-electron chi connectivity index (χ4n) is 0.226. The highest BCUT2D eigenvalue weighted by Gasteiger charge is 1.63. The lowest BCUT2D eigenvalue weighted by molar-refractivity contribution is 0.342. The highest BCUT2D eigenvalue weighted by Crippen LogP contribution is 1.75. The average molecular weight is 96.1 g/mol. The molecule has 0 saturated heterocycles. The molecule has 0 unspecified atom stereocenters. The number of aliphatic hydroxyl groups excluding tert-OH is 1. The zero-order chi connectivity index (χ0) is 5.54. The van der Waals surface area contributed by atoms with Crippen LogP contribution in [-0.4, -0.2) is 11.7 Å². The van der Waals surface area contributed by atoms with Gasteiger partial charge in [-0.2, -0.15) is 0 Å². The first-order valence-electron chi connectivity index (χ1n) is 2.11. The zero-order valence-corrected chi connectivity index (χ0v) is 4.09. The summed E-state index contributed by atoms with van der Waals surface area (Å²) in [5.41, 5.74) is 0. The molecule has 0 aliphatic heterocycles. The molecular weight excluding hydrogens is 88.1 g/mol. The van der Waals surface area contributed by atoms with Crippen molar-refractivity contribution in [2.75, 3.05) is 6.61 Å². The van der Waals surface area contributed by atoms with Crippen molar-refractivity contribution >= 4 is 0 Å². The summed E-state index contributed by atoms with van der Waals surface area (Å²) in [6, 6.07) is 0. The van der Waals surface area contributed by atoms with Gasteiger partial charge in [0.1, 0.15) is 0 Å². The third kappa shape index (κ3) is 5.26. The van der Waals surface area contributed by atoms with Crippen LogP contribution in [0.1, 0.15) is 6.42 Å². The maximum atomic E-state index is 8.14. The molecule has 0 aromatic carbocycles. The Labute approximate surface area is 43.7 Å². The number of terminal acetylenes is 1. The van der Waals surface area contributed by atoms with Crippen LogP contribution in [0, 0.1) is 12.3 Å². The lowest BCUT2D eigenvalue weighted by Gasteiger charge is -1.73. The smallest absolute Gasteiger partial charge is 0.0612 e. The van der Waals surface area contributed by atoms with Crippen LogP contribution in [0.15, 0.2) is 12.2 Å². The Hall–Kier alpha value is -0.740. The molecule has 1 heteroatoms. The third-order valence-corrected chi connectivity index (χ3v) is 0.508. The van der Waals surface area contributed by atoms with Gasteiger partial charge in [0.15, 0.2) is 0 Å². The van der Waals surface area contributed by atoms with Crippen LogP contribution in [0.25, 0.3) is 0 Å². The fourth-order valence-corrected chi connectivity index (χ4v) is 0.226. The summed E-state index contributed by atoms with van der Waals surface area (Å²) in [4.78, 5) is 0. The van der Waals surface area contributed by atoms with Crippen molar-refractivity contribution in [3.05, 3.63) is 12.2 Å². The van der Waals surface area contributed by atoms with E-state index in [1.54, 1.807) is 12.2 Å². The van der Waals surface area contributed by atoms with Crippen LogP contribution in [0.4, 0.5) is 0 Å². The molecule has 1 nitrogen and oxygen atoms in total. The van der Waals surface area contributed by atoms with Gasteiger partial charge >= 0.3 is 0 Å². The first kappa shape index (κ1) is 6.26. The van der Waals surface area contributed by atoms with Crippen LogP contribution >= 0.6 is 0 Å². The monoisotopic (exact) mass is 96.1 g/mol. The summed E-state index contributed by atoms with van der Waals surface area (Å²) in [5.74, 6) is 2.40. The van der Waals surface area contributed by atoms with Crippen LogP contribution in [0.2, 0.25) is 0 Å². The molecule has 0 spiro atoms. The normalized spacial score (nSPS) is 9.14. The van der Waals surface area contributed by atoms with Gasteiger partial charge in [-0.05, 0) is 0 Å². The van der Waals surface area contributed by atoms with Gasteiger partial charge in [0.05, 0.1) is 6.61 Å². The summed E-state index contributed by atoms with van der Waals surface area (Å²) in [5, 5.41) is 8.14. The van der Waals surface area contributed by atoms with Gasteiger partial charge in [0, 0.05) is 6.42 Å². The molecule has 0 rings (SSSR count). The van der Waals surface area contributed by atoms with Crippen molar-refractivity contribution in [3.63, 3.8) is 0 Å². The highest BCUT2D eigenvalue weighted by atomic mass is 16.2. The molecule has 0 aromatic heterocycles. The van der Waals surface area contributed by atoms with Crippen molar-refractivity contribution in [1.82, 2.24) is 0 Å². The van der Waals surface area contributed by atoms with Gasteiger partial charge in [0.25, 0.3) is 0 Å². The molecular formula is C6H8O. The highest BCUT2D eigenvalue weighted by molar-refractivity contribution is 4.95. The summed E-state index contributed by atoms with van der Waals surface area (Å²) >= 11 is 0. The molecule has 0 atom stereocenters. The van der Waals surface area contributed by atoms with E-state index in [4.69, 9.17) is 11.5 Å². The Kier molecular flexibility index (Phi) is 4.70. The molecule has 0 aliphatic carbocycles. The molecule has 0 radical (unpaired) electrons. The van der Waals surface area contributed by atoms with Gasteiger partial charge in [-0.25, -0.2) is 0 Å². The van der Waals surface area contributed by atoms with Crippen LogP contribution in [0.5, 0.6) is 0 Å². The minimum absolute atomic E-state index is 0.0850. The Bertz CT molecular complexity index is 86.8. The first-order chi connectivity index (χ1) is 3.41. The van der Waals surface area contributed by atoms with Crippen molar-refractivity contribution in [3.8, 4) is 12.3 Å². The van der Waals surface area contributed by atoms with E-state index in [0.29, 0.717) is 6.42 Å². The van der Waals surface area contributed by atoms with Crippen LogP contribution in [0.3, 0.4) is 0 Å². The quantitative estimate of drug-likeness (QED) is 0.393. The van der Waals surface area contributed by atoms with Crippen molar-refractivity contribution in [2.45, 2.75) is 6.42 Å². The van der Waals surface area contributed by atoms with E-state index in [1.165, 1.54) is 0 Å². The van der Waals surface area contributed by atoms with Crippen LogP contribution in [-0.2, 0) is 0 Å². The van der Waals surface area contributed by atoms with Crippen molar-refractivity contribution < 1.29 is 5.11 Å². The number of hydrogen-bond donors (Lipinski definition) is 1. The predicted octanol–water partition coefficient (Wildman–Crippen LogP) is 0.558. The molecule has 0 aromatic rings. The summed E-state index contributed by atoms with van der Waals surface area (Å²) < 4.78 is 0. The summed E-state index contributed by atoms with van der Waals surface area (Å²) in [7, 11) is 0. The predicted molar refractivity (Wildman–Crippen MR) is 29.7 cm³/mol.